The summed E-state index contributed by atoms with van der Waals surface area (Å²) in [5, 5.41) is 3.41. The fourth-order valence-electron chi connectivity index (χ4n) is 1.93. The quantitative estimate of drug-likeness (QED) is 0.838. The van der Waals surface area contributed by atoms with E-state index in [1.807, 2.05) is 30.7 Å². The van der Waals surface area contributed by atoms with E-state index >= 15 is 0 Å². The molecule has 2 aromatic rings. The first-order valence-electron chi connectivity index (χ1n) is 7.14. The summed E-state index contributed by atoms with van der Waals surface area (Å²) in [6.45, 7) is 8.86. The lowest BCUT2D eigenvalue weighted by Gasteiger charge is -2.12. The Balaban J connectivity index is 1.94. The molecule has 0 aliphatic rings. The molecule has 20 heavy (non-hydrogen) atoms. The van der Waals surface area contributed by atoms with Gasteiger partial charge in [-0.05, 0) is 25.0 Å². The Labute approximate surface area is 120 Å². The molecular weight excluding hydrogens is 250 g/mol. The minimum Gasteiger partial charge on any atom is -0.493 e. The van der Waals surface area contributed by atoms with Crippen LogP contribution in [0.15, 0.2) is 36.8 Å². The van der Waals surface area contributed by atoms with Gasteiger partial charge in [-0.2, -0.15) is 0 Å². The average molecular weight is 273 g/mol. The molecule has 108 valence electrons. The first-order valence-corrected chi connectivity index (χ1v) is 7.14. The third-order valence-electron chi connectivity index (χ3n) is 3.03. The van der Waals surface area contributed by atoms with Crippen molar-refractivity contribution in [3.63, 3.8) is 0 Å². The summed E-state index contributed by atoms with van der Waals surface area (Å²) in [6.07, 6.45) is 3.76. The van der Waals surface area contributed by atoms with Crippen molar-refractivity contribution in [1.82, 2.24) is 9.55 Å². The van der Waals surface area contributed by atoms with Crippen molar-refractivity contribution in [3.05, 3.63) is 42.5 Å². The zero-order valence-corrected chi connectivity index (χ0v) is 12.5. The number of benzene rings is 1. The molecule has 0 bridgehead atoms. The summed E-state index contributed by atoms with van der Waals surface area (Å²) in [6, 6.07) is 8.09. The maximum Gasteiger partial charge on any atom is 0.121 e. The summed E-state index contributed by atoms with van der Waals surface area (Å²) in [7, 11) is 0. The second-order valence-corrected chi connectivity index (χ2v) is 5.26. The van der Waals surface area contributed by atoms with Gasteiger partial charge in [0.25, 0.3) is 0 Å². The van der Waals surface area contributed by atoms with Gasteiger partial charge in [-0.15, -0.1) is 0 Å². The molecular formula is C16H23N3O. The Morgan fingerprint density at radius 1 is 1.35 bits per heavy atom. The highest BCUT2D eigenvalue weighted by molar-refractivity contribution is 5.48. The number of nitrogens with one attached hydrogen (secondary N) is 1. The molecule has 0 atom stereocenters. The van der Waals surface area contributed by atoms with Crippen LogP contribution in [-0.4, -0.2) is 16.2 Å². The number of hydrogen-bond donors (Lipinski definition) is 1. The van der Waals surface area contributed by atoms with E-state index in [4.69, 9.17) is 4.74 Å². The molecule has 1 aromatic heterocycles. The molecule has 0 unspecified atom stereocenters. The molecule has 0 spiro atoms. The summed E-state index contributed by atoms with van der Waals surface area (Å²) in [5.41, 5.74) is 2.25. The minimum atomic E-state index is 0.533. The maximum atomic E-state index is 5.73. The van der Waals surface area contributed by atoms with Gasteiger partial charge >= 0.3 is 0 Å². The molecule has 0 saturated carbocycles. The molecule has 4 heteroatoms. The lowest BCUT2D eigenvalue weighted by Crippen LogP contribution is -2.07. The molecule has 1 aromatic carbocycles. The van der Waals surface area contributed by atoms with E-state index in [9.17, 15) is 0 Å². The lowest BCUT2D eigenvalue weighted by atomic mass is 10.2. The second-order valence-electron chi connectivity index (χ2n) is 5.26. The Bertz CT molecular complexity index is 534. The first kappa shape index (κ1) is 14.4. The third kappa shape index (κ3) is 4.02. The zero-order valence-electron chi connectivity index (χ0n) is 12.5. The molecule has 0 radical (unpaired) electrons. The number of anilines is 1. The zero-order chi connectivity index (χ0) is 14.4. The number of rotatable bonds is 7. The van der Waals surface area contributed by atoms with Gasteiger partial charge in [-0.25, -0.2) is 4.98 Å². The van der Waals surface area contributed by atoms with Crippen molar-refractivity contribution in [1.29, 1.82) is 0 Å². The highest BCUT2D eigenvalue weighted by Crippen LogP contribution is 2.18. The van der Waals surface area contributed by atoms with Gasteiger partial charge in [-0.3, -0.25) is 0 Å². The van der Waals surface area contributed by atoms with Crippen LogP contribution in [-0.2, 0) is 13.1 Å². The molecule has 2 rings (SSSR count). The van der Waals surface area contributed by atoms with Crippen LogP contribution in [0.3, 0.4) is 0 Å². The van der Waals surface area contributed by atoms with Gasteiger partial charge in [0, 0.05) is 24.5 Å². The number of aromatic nitrogens is 2. The van der Waals surface area contributed by atoms with E-state index in [0.717, 1.165) is 31.1 Å². The number of imidazole rings is 1. The predicted octanol–water partition coefficient (Wildman–Crippen LogP) is 3.55. The Hall–Kier alpha value is -1.97. The Morgan fingerprint density at radius 2 is 2.20 bits per heavy atom. The van der Waals surface area contributed by atoms with Gasteiger partial charge in [0.1, 0.15) is 5.75 Å². The fourth-order valence-corrected chi connectivity index (χ4v) is 1.93. The molecule has 0 fully saturated rings. The average Bonchev–Trinajstić information content (AvgIpc) is 2.91. The van der Waals surface area contributed by atoms with E-state index < -0.39 is 0 Å². The summed E-state index contributed by atoms with van der Waals surface area (Å²) in [5.74, 6) is 1.44. The molecule has 0 aliphatic heterocycles. The summed E-state index contributed by atoms with van der Waals surface area (Å²) in [4.78, 5) is 4.17. The molecule has 0 amide bonds. The van der Waals surface area contributed by atoms with E-state index in [2.05, 4.69) is 41.7 Å². The number of nitrogens with zero attached hydrogens (tertiary/aromatic N) is 2. The van der Waals surface area contributed by atoms with E-state index in [1.165, 1.54) is 5.69 Å². The van der Waals surface area contributed by atoms with Gasteiger partial charge in [0.05, 0.1) is 25.2 Å². The SMILES string of the molecule is CCn1cncc1CNc1cccc(OCC(C)C)c1. The third-order valence-corrected chi connectivity index (χ3v) is 3.03. The van der Waals surface area contributed by atoms with Crippen molar-refractivity contribution < 1.29 is 4.74 Å². The predicted molar refractivity (Wildman–Crippen MR) is 82.0 cm³/mol. The normalized spacial score (nSPS) is 10.8. The van der Waals surface area contributed by atoms with Crippen molar-refractivity contribution in [2.45, 2.75) is 33.9 Å². The molecule has 4 nitrogen and oxygen atoms in total. The van der Waals surface area contributed by atoms with Gasteiger partial charge < -0.3 is 14.6 Å². The largest absolute Gasteiger partial charge is 0.493 e. The van der Waals surface area contributed by atoms with Crippen LogP contribution < -0.4 is 10.1 Å². The maximum absolute atomic E-state index is 5.73. The molecule has 1 N–H and O–H groups in total. The molecule has 1 heterocycles. The van der Waals surface area contributed by atoms with Crippen LogP contribution in [0.2, 0.25) is 0 Å². The highest BCUT2D eigenvalue weighted by Gasteiger charge is 2.02. The lowest BCUT2D eigenvalue weighted by molar-refractivity contribution is 0.271. The second kappa shape index (κ2) is 6.98. The van der Waals surface area contributed by atoms with Crippen LogP contribution in [0.5, 0.6) is 5.75 Å². The van der Waals surface area contributed by atoms with Gasteiger partial charge in [-0.1, -0.05) is 19.9 Å². The minimum absolute atomic E-state index is 0.533. The van der Waals surface area contributed by atoms with Crippen molar-refractivity contribution in [3.8, 4) is 5.75 Å². The molecule has 0 aliphatic carbocycles. The monoisotopic (exact) mass is 273 g/mol. The van der Waals surface area contributed by atoms with Crippen LogP contribution >= 0.6 is 0 Å². The fraction of sp³-hybridized carbons (Fsp3) is 0.438. The first-order chi connectivity index (χ1) is 9.69. The molecule has 0 saturated heterocycles. The van der Waals surface area contributed by atoms with E-state index in [1.54, 1.807) is 0 Å². The van der Waals surface area contributed by atoms with E-state index in [0.29, 0.717) is 5.92 Å². The van der Waals surface area contributed by atoms with Crippen LogP contribution in [0.25, 0.3) is 0 Å². The van der Waals surface area contributed by atoms with Crippen molar-refractivity contribution in [2.24, 2.45) is 5.92 Å². The number of aryl methyl sites for hydroxylation is 1. The number of ether oxygens (including phenoxy) is 1. The highest BCUT2D eigenvalue weighted by atomic mass is 16.5. The van der Waals surface area contributed by atoms with Gasteiger partial charge in [0.15, 0.2) is 0 Å². The van der Waals surface area contributed by atoms with E-state index in [-0.39, 0.29) is 0 Å². The van der Waals surface area contributed by atoms with Crippen molar-refractivity contribution in [2.75, 3.05) is 11.9 Å². The number of hydrogen-bond acceptors (Lipinski definition) is 3. The van der Waals surface area contributed by atoms with Crippen LogP contribution in [0.1, 0.15) is 26.5 Å². The Kier molecular flexibility index (Phi) is 5.04. The standard InChI is InChI=1S/C16H23N3O/c1-4-19-12-17-9-15(19)10-18-14-6-5-7-16(8-14)20-11-13(2)3/h5-9,12-13,18H,4,10-11H2,1-3H3. The summed E-state index contributed by atoms with van der Waals surface area (Å²) < 4.78 is 7.86. The Morgan fingerprint density at radius 3 is 2.95 bits per heavy atom. The van der Waals surface area contributed by atoms with Crippen LogP contribution in [0, 0.1) is 5.92 Å². The summed E-state index contributed by atoms with van der Waals surface area (Å²) >= 11 is 0. The topological polar surface area (TPSA) is 39.1 Å². The van der Waals surface area contributed by atoms with Gasteiger partial charge in [0.2, 0.25) is 0 Å². The smallest absolute Gasteiger partial charge is 0.121 e. The van der Waals surface area contributed by atoms with Crippen molar-refractivity contribution >= 4 is 5.69 Å². The van der Waals surface area contributed by atoms with Crippen LogP contribution in [0.4, 0.5) is 5.69 Å².